The fourth-order valence-electron chi connectivity index (χ4n) is 4.63. The molecule has 9 heteroatoms. The summed E-state index contributed by atoms with van der Waals surface area (Å²) in [5, 5.41) is 7.64. The standard InChI is InChI=1S/C24H24F3N5O/c1-23(2,3)21(17-6-4-5-9-28-17)30-22(33)19-16-11-13-10-15(13)20(16)32(31-19)18-8-7-14(12-29-18)24(25,26)27/h4-9,12-13,15,21H,10-11H2,1-3H3,(H,30,33)/t13-,15-,21-/m1/s1. The molecule has 3 atom stereocenters. The molecule has 5 rings (SSSR count). The van der Waals surface area contributed by atoms with E-state index in [0.29, 0.717) is 11.6 Å². The zero-order chi connectivity index (χ0) is 23.5. The molecule has 0 bridgehead atoms. The molecule has 1 N–H and O–H groups in total. The number of hydrogen-bond acceptors (Lipinski definition) is 4. The summed E-state index contributed by atoms with van der Waals surface area (Å²) in [6, 6.07) is 7.53. The van der Waals surface area contributed by atoms with Crippen LogP contribution in [0.25, 0.3) is 5.82 Å². The molecule has 2 aliphatic carbocycles. The van der Waals surface area contributed by atoms with Crippen LogP contribution < -0.4 is 5.32 Å². The Bertz CT molecular complexity index is 1200. The van der Waals surface area contributed by atoms with E-state index in [-0.39, 0.29) is 29.1 Å². The highest BCUT2D eigenvalue weighted by Gasteiger charge is 2.50. The Labute approximate surface area is 189 Å². The average molecular weight is 455 g/mol. The van der Waals surface area contributed by atoms with Crippen LogP contribution in [0.5, 0.6) is 0 Å². The third kappa shape index (κ3) is 3.89. The Morgan fingerprint density at radius 1 is 1.15 bits per heavy atom. The van der Waals surface area contributed by atoms with Crippen molar-refractivity contribution in [3.05, 3.63) is 70.9 Å². The lowest BCUT2D eigenvalue weighted by Gasteiger charge is -2.30. The quantitative estimate of drug-likeness (QED) is 0.610. The van der Waals surface area contributed by atoms with Gasteiger partial charge in [-0.1, -0.05) is 26.8 Å². The van der Waals surface area contributed by atoms with Crippen molar-refractivity contribution in [2.24, 2.45) is 11.3 Å². The van der Waals surface area contributed by atoms with E-state index in [2.05, 4.69) is 20.4 Å². The van der Waals surface area contributed by atoms with E-state index in [0.717, 1.165) is 42.1 Å². The van der Waals surface area contributed by atoms with Gasteiger partial charge in [0.15, 0.2) is 11.5 Å². The predicted molar refractivity (Wildman–Crippen MR) is 115 cm³/mol. The number of pyridine rings is 2. The topological polar surface area (TPSA) is 72.7 Å². The molecule has 0 saturated heterocycles. The number of carbonyl (C=O) groups excluding carboxylic acids is 1. The number of amides is 1. The first kappa shape index (κ1) is 21.6. The van der Waals surface area contributed by atoms with Gasteiger partial charge in [-0.2, -0.15) is 18.3 Å². The molecule has 3 aromatic rings. The first-order valence-electron chi connectivity index (χ1n) is 10.9. The first-order chi connectivity index (χ1) is 15.5. The number of aromatic nitrogens is 4. The maximum Gasteiger partial charge on any atom is 0.417 e. The number of halogens is 3. The van der Waals surface area contributed by atoms with Gasteiger partial charge in [0.05, 0.1) is 23.0 Å². The molecule has 33 heavy (non-hydrogen) atoms. The van der Waals surface area contributed by atoms with Crippen LogP contribution in [-0.4, -0.2) is 25.7 Å². The monoisotopic (exact) mass is 455 g/mol. The van der Waals surface area contributed by atoms with Crippen LogP contribution in [-0.2, 0) is 12.6 Å². The second-order valence-corrected chi connectivity index (χ2v) is 9.86. The van der Waals surface area contributed by atoms with Crippen LogP contribution in [0, 0.1) is 11.3 Å². The van der Waals surface area contributed by atoms with Crippen molar-refractivity contribution in [3.8, 4) is 5.82 Å². The number of fused-ring (bicyclic) bond motifs is 3. The van der Waals surface area contributed by atoms with Crippen molar-refractivity contribution in [2.45, 2.75) is 51.7 Å². The summed E-state index contributed by atoms with van der Waals surface area (Å²) in [5.74, 6) is 0.693. The Hall–Kier alpha value is -3.23. The van der Waals surface area contributed by atoms with Gasteiger partial charge in [0, 0.05) is 23.9 Å². The van der Waals surface area contributed by atoms with Crippen molar-refractivity contribution in [1.82, 2.24) is 25.1 Å². The van der Waals surface area contributed by atoms with Gasteiger partial charge in [-0.05, 0) is 48.4 Å². The largest absolute Gasteiger partial charge is 0.417 e. The van der Waals surface area contributed by atoms with Gasteiger partial charge in [0.1, 0.15) is 0 Å². The molecule has 3 heterocycles. The van der Waals surface area contributed by atoms with Crippen molar-refractivity contribution in [3.63, 3.8) is 0 Å². The van der Waals surface area contributed by atoms with Crippen LogP contribution in [0.3, 0.4) is 0 Å². The van der Waals surface area contributed by atoms with Crippen LogP contribution in [0.2, 0.25) is 0 Å². The third-order valence-corrected chi connectivity index (χ3v) is 6.40. The van der Waals surface area contributed by atoms with Gasteiger partial charge in [-0.15, -0.1) is 0 Å². The van der Waals surface area contributed by atoms with Crippen molar-refractivity contribution >= 4 is 5.91 Å². The molecule has 0 radical (unpaired) electrons. The third-order valence-electron chi connectivity index (χ3n) is 6.40. The summed E-state index contributed by atoms with van der Waals surface area (Å²) in [4.78, 5) is 21.8. The van der Waals surface area contributed by atoms with Crippen LogP contribution in [0.15, 0.2) is 42.7 Å². The Morgan fingerprint density at radius 2 is 1.94 bits per heavy atom. The minimum Gasteiger partial charge on any atom is -0.342 e. The number of nitrogens with one attached hydrogen (secondary N) is 1. The van der Waals surface area contributed by atoms with Crippen molar-refractivity contribution < 1.29 is 18.0 Å². The molecule has 2 aliphatic rings. The molecule has 1 fully saturated rings. The van der Waals surface area contributed by atoms with Crippen LogP contribution >= 0.6 is 0 Å². The Kier molecular flexibility index (Phi) is 4.84. The van der Waals surface area contributed by atoms with Gasteiger partial charge < -0.3 is 5.32 Å². The van der Waals surface area contributed by atoms with E-state index in [1.54, 1.807) is 10.9 Å². The zero-order valence-electron chi connectivity index (χ0n) is 18.5. The molecule has 0 spiro atoms. The number of nitrogens with zero attached hydrogens (tertiary/aromatic N) is 4. The van der Waals surface area contributed by atoms with Crippen molar-refractivity contribution in [1.29, 1.82) is 0 Å². The van der Waals surface area contributed by atoms with E-state index in [1.165, 1.54) is 6.07 Å². The highest BCUT2D eigenvalue weighted by atomic mass is 19.4. The van der Waals surface area contributed by atoms with Gasteiger partial charge >= 0.3 is 6.18 Å². The summed E-state index contributed by atoms with van der Waals surface area (Å²) in [6.07, 6.45) is -0.223. The van der Waals surface area contributed by atoms with Gasteiger partial charge in [-0.25, -0.2) is 9.67 Å². The van der Waals surface area contributed by atoms with Gasteiger partial charge in [-0.3, -0.25) is 9.78 Å². The smallest absolute Gasteiger partial charge is 0.342 e. The number of hydrogen-bond donors (Lipinski definition) is 1. The molecule has 0 aliphatic heterocycles. The number of alkyl halides is 3. The SMILES string of the molecule is CC(C)(C)[C@H](NC(=O)c1nn(-c2ccc(C(F)(F)F)cn2)c2c1C[C@H]1C[C@@H]21)c1ccccn1. The first-order valence-corrected chi connectivity index (χ1v) is 10.9. The minimum absolute atomic E-state index is 0.271. The van der Waals surface area contributed by atoms with Crippen LogP contribution in [0.1, 0.15) is 72.2 Å². The number of rotatable bonds is 4. The van der Waals surface area contributed by atoms with Gasteiger partial charge in [0.2, 0.25) is 0 Å². The van der Waals surface area contributed by atoms with E-state index < -0.39 is 11.7 Å². The fraction of sp³-hybridized carbons (Fsp3) is 0.417. The lowest BCUT2D eigenvalue weighted by molar-refractivity contribution is -0.137. The summed E-state index contributed by atoms with van der Waals surface area (Å²) in [7, 11) is 0. The van der Waals surface area contributed by atoms with Crippen LogP contribution in [0.4, 0.5) is 13.2 Å². The molecular formula is C24H24F3N5O. The molecule has 6 nitrogen and oxygen atoms in total. The zero-order valence-corrected chi connectivity index (χ0v) is 18.5. The minimum atomic E-state index is -4.46. The molecule has 172 valence electrons. The van der Waals surface area contributed by atoms with E-state index >= 15 is 0 Å². The maximum atomic E-state index is 13.4. The van der Waals surface area contributed by atoms with Crippen molar-refractivity contribution in [2.75, 3.05) is 0 Å². The summed E-state index contributed by atoms with van der Waals surface area (Å²) in [5.41, 5.74) is 1.70. The molecule has 0 unspecified atom stereocenters. The molecule has 1 amide bonds. The molecular weight excluding hydrogens is 431 g/mol. The lowest BCUT2D eigenvalue weighted by Crippen LogP contribution is -2.37. The van der Waals surface area contributed by atoms with E-state index in [4.69, 9.17) is 0 Å². The average Bonchev–Trinajstić information content (AvgIpc) is 3.26. The highest BCUT2D eigenvalue weighted by Crippen LogP contribution is 2.57. The summed E-state index contributed by atoms with van der Waals surface area (Å²) >= 11 is 0. The summed E-state index contributed by atoms with van der Waals surface area (Å²) < 4.78 is 40.4. The molecule has 3 aromatic heterocycles. The van der Waals surface area contributed by atoms with Gasteiger partial charge in [0.25, 0.3) is 5.91 Å². The maximum absolute atomic E-state index is 13.4. The predicted octanol–water partition coefficient (Wildman–Crippen LogP) is 4.86. The molecule has 1 saturated carbocycles. The highest BCUT2D eigenvalue weighted by molar-refractivity contribution is 5.94. The molecule has 0 aromatic carbocycles. The summed E-state index contributed by atoms with van der Waals surface area (Å²) in [6.45, 7) is 6.07. The second kappa shape index (κ2) is 7.40. The number of carbonyl (C=O) groups is 1. The van der Waals surface area contributed by atoms with E-state index in [9.17, 15) is 18.0 Å². The Morgan fingerprint density at radius 3 is 2.55 bits per heavy atom. The Balaban J connectivity index is 1.50. The second-order valence-electron chi connectivity index (χ2n) is 9.86. The fourth-order valence-corrected chi connectivity index (χ4v) is 4.63. The normalized spacial score (nSPS) is 20.2. The lowest BCUT2D eigenvalue weighted by atomic mass is 9.84. The van der Waals surface area contributed by atoms with E-state index in [1.807, 2.05) is 39.0 Å².